The molecule has 0 aliphatic rings. The molecule has 0 aromatic heterocycles. The highest BCUT2D eigenvalue weighted by molar-refractivity contribution is 4.53. The molecule has 0 rings (SSSR count). The Hall–Kier alpha value is -0.0800. The third-order valence-electron chi connectivity index (χ3n) is 4.94. The van der Waals surface area contributed by atoms with Gasteiger partial charge < -0.3 is 10.2 Å². The largest absolute Gasteiger partial charge is 0.315 e. The Kier molecular flexibility index (Phi) is 20.9. The minimum absolute atomic E-state index is 1.13. The van der Waals surface area contributed by atoms with Crippen molar-refractivity contribution < 1.29 is 0 Å². The summed E-state index contributed by atoms with van der Waals surface area (Å²) in [6.07, 6.45) is 23.2. The van der Waals surface area contributed by atoms with E-state index in [9.17, 15) is 0 Å². The van der Waals surface area contributed by atoms with Crippen molar-refractivity contribution in [2.45, 2.75) is 110 Å². The number of unbranched alkanes of at least 4 members (excludes halogenated alkanes) is 15. The van der Waals surface area contributed by atoms with E-state index in [-0.39, 0.29) is 0 Å². The molecular formula is C22H48N2. The fourth-order valence-electron chi connectivity index (χ4n) is 3.23. The molecule has 0 aliphatic heterocycles. The van der Waals surface area contributed by atoms with Crippen molar-refractivity contribution >= 4 is 0 Å². The van der Waals surface area contributed by atoms with Gasteiger partial charge in [-0.2, -0.15) is 0 Å². The molecule has 24 heavy (non-hydrogen) atoms. The van der Waals surface area contributed by atoms with Crippen LogP contribution in [0.25, 0.3) is 0 Å². The van der Waals surface area contributed by atoms with Gasteiger partial charge in [0.2, 0.25) is 0 Å². The van der Waals surface area contributed by atoms with E-state index in [1.807, 2.05) is 0 Å². The minimum Gasteiger partial charge on any atom is -0.315 e. The first-order valence-electron chi connectivity index (χ1n) is 11.1. The zero-order chi connectivity index (χ0) is 17.7. The van der Waals surface area contributed by atoms with Crippen LogP contribution in [0.2, 0.25) is 0 Å². The van der Waals surface area contributed by atoms with E-state index in [0.29, 0.717) is 0 Å². The topological polar surface area (TPSA) is 15.3 Å². The van der Waals surface area contributed by atoms with Gasteiger partial charge in [-0.25, -0.2) is 0 Å². The molecule has 0 spiro atoms. The summed E-state index contributed by atoms with van der Waals surface area (Å²) < 4.78 is 0. The van der Waals surface area contributed by atoms with Crippen molar-refractivity contribution in [2.75, 3.05) is 33.7 Å². The number of nitrogens with one attached hydrogen (secondary N) is 1. The number of rotatable bonds is 20. The van der Waals surface area contributed by atoms with Crippen molar-refractivity contribution in [3.63, 3.8) is 0 Å². The summed E-state index contributed by atoms with van der Waals surface area (Å²) in [5.74, 6) is 0. The molecule has 0 aliphatic carbocycles. The molecule has 0 bridgehead atoms. The first-order chi connectivity index (χ1) is 11.8. The van der Waals surface area contributed by atoms with Crippen molar-refractivity contribution in [3.05, 3.63) is 0 Å². The van der Waals surface area contributed by atoms with Gasteiger partial charge in [0.25, 0.3) is 0 Å². The second kappa shape index (κ2) is 21.0. The van der Waals surface area contributed by atoms with Gasteiger partial charge >= 0.3 is 0 Å². The molecule has 0 atom stereocenters. The summed E-state index contributed by atoms with van der Waals surface area (Å²) in [4.78, 5) is 2.24. The third kappa shape index (κ3) is 21.9. The Morgan fingerprint density at radius 3 is 1.25 bits per heavy atom. The molecule has 1 N–H and O–H groups in total. The standard InChI is InChI=1S/C22H48N2/c1-4-5-6-7-8-9-10-11-12-13-14-15-16-17-18-19-20-23-21-22-24(2)3/h23H,4-22H2,1-3H3. The fourth-order valence-corrected chi connectivity index (χ4v) is 3.23. The minimum atomic E-state index is 1.13. The Morgan fingerprint density at radius 2 is 0.875 bits per heavy atom. The summed E-state index contributed by atoms with van der Waals surface area (Å²) in [5, 5.41) is 3.52. The average molecular weight is 341 g/mol. The summed E-state index contributed by atoms with van der Waals surface area (Å²) in [5.41, 5.74) is 0. The molecule has 0 saturated carbocycles. The Balaban J connectivity index is 2.95. The molecule has 0 aromatic rings. The smallest absolute Gasteiger partial charge is 0.0101 e. The summed E-state index contributed by atoms with van der Waals surface area (Å²) in [7, 11) is 4.27. The quantitative estimate of drug-likeness (QED) is 0.258. The van der Waals surface area contributed by atoms with E-state index >= 15 is 0 Å². The molecule has 0 heterocycles. The maximum absolute atomic E-state index is 3.52. The van der Waals surface area contributed by atoms with Crippen LogP contribution in [-0.4, -0.2) is 38.6 Å². The lowest BCUT2D eigenvalue weighted by Crippen LogP contribution is -2.27. The molecule has 0 aromatic carbocycles. The number of hydrogen-bond acceptors (Lipinski definition) is 2. The zero-order valence-electron chi connectivity index (χ0n) is 17.4. The second-order valence-corrected chi connectivity index (χ2v) is 7.86. The summed E-state index contributed by atoms with van der Waals surface area (Å²) >= 11 is 0. The van der Waals surface area contributed by atoms with Crippen LogP contribution in [0.1, 0.15) is 110 Å². The lowest BCUT2D eigenvalue weighted by molar-refractivity contribution is 0.398. The third-order valence-corrected chi connectivity index (χ3v) is 4.94. The van der Waals surface area contributed by atoms with Crippen molar-refractivity contribution in [1.29, 1.82) is 0 Å². The maximum atomic E-state index is 3.52. The summed E-state index contributed by atoms with van der Waals surface area (Å²) in [6, 6.07) is 0. The number of hydrogen-bond donors (Lipinski definition) is 1. The molecule has 146 valence electrons. The SMILES string of the molecule is CCCCCCCCCCCCCCCCCCNCCN(C)C. The highest BCUT2D eigenvalue weighted by Gasteiger charge is 1.95. The van der Waals surface area contributed by atoms with E-state index in [0.717, 1.165) is 13.1 Å². The Labute approximate surface area is 154 Å². The van der Waals surface area contributed by atoms with Crippen LogP contribution in [0.15, 0.2) is 0 Å². The van der Waals surface area contributed by atoms with Gasteiger partial charge in [-0.05, 0) is 27.1 Å². The van der Waals surface area contributed by atoms with Crippen LogP contribution in [0.4, 0.5) is 0 Å². The van der Waals surface area contributed by atoms with E-state index < -0.39 is 0 Å². The van der Waals surface area contributed by atoms with Crippen molar-refractivity contribution in [1.82, 2.24) is 10.2 Å². The molecule has 2 nitrogen and oxygen atoms in total. The average Bonchev–Trinajstić information content (AvgIpc) is 2.56. The van der Waals surface area contributed by atoms with E-state index in [1.54, 1.807) is 0 Å². The molecular weight excluding hydrogens is 292 g/mol. The van der Waals surface area contributed by atoms with Gasteiger partial charge in [-0.15, -0.1) is 0 Å². The number of nitrogens with zero attached hydrogens (tertiary/aromatic N) is 1. The molecule has 0 fully saturated rings. The Bertz CT molecular complexity index is 216. The predicted molar refractivity (Wildman–Crippen MR) is 111 cm³/mol. The highest BCUT2D eigenvalue weighted by atomic mass is 15.1. The first kappa shape index (κ1) is 23.9. The molecule has 0 radical (unpaired) electrons. The van der Waals surface area contributed by atoms with Gasteiger partial charge in [-0.3, -0.25) is 0 Å². The molecule has 2 heteroatoms. The predicted octanol–water partition coefficient (Wildman–Crippen LogP) is 6.40. The molecule has 0 unspecified atom stereocenters. The normalized spacial score (nSPS) is 11.5. The van der Waals surface area contributed by atoms with E-state index in [2.05, 4.69) is 31.2 Å². The van der Waals surface area contributed by atoms with E-state index in [4.69, 9.17) is 0 Å². The van der Waals surface area contributed by atoms with Gasteiger partial charge in [0.05, 0.1) is 0 Å². The van der Waals surface area contributed by atoms with Crippen LogP contribution in [0.5, 0.6) is 0 Å². The van der Waals surface area contributed by atoms with Gasteiger partial charge in [0, 0.05) is 13.1 Å². The fraction of sp³-hybridized carbons (Fsp3) is 1.00. The van der Waals surface area contributed by atoms with Crippen LogP contribution >= 0.6 is 0 Å². The van der Waals surface area contributed by atoms with Crippen LogP contribution in [-0.2, 0) is 0 Å². The summed E-state index contributed by atoms with van der Waals surface area (Å²) in [6.45, 7) is 5.78. The van der Waals surface area contributed by atoms with Gasteiger partial charge in [0.1, 0.15) is 0 Å². The monoisotopic (exact) mass is 340 g/mol. The van der Waals surface area contributed by atoms with Crippen LogP contribution in [0.3, 0.4) is 0 Å². The van der Waals surface area contributed by atoms with Crippen molar-refractivity contribution in [2.24, 2.45) is 0 Å². The molecule has 0 saturated heterocycles. The Morgan fingerprint density at radius 1 is 0.500 bits per heavy atom. The molecule has 0 amide bonds. The van der Waals surface area contributed by atoms with Gasteiger partial charge in [0.15, 0.2) is 0 Å². The number of likely N-dealkylation sites (N-methyl/N-ethyl adjacent to an activating group) is 1. The second-order valence-electron chi connectivity index (χ2n) is 7.86. The van der Waals surface area contributed by atoms with Crippen LogP contribution < -0.4 is 5.32 Å². The highest BCUT2D eigenvalue weighted by Crippen LogP contribution is 2.13. The van der Waals surface area contributed by atoms with Crippen LogP contribution in [0, 0.1) is 0 Å². The first-order valence-corrected chi connectivity index (χ1v) is 11.1. The van der Waals surface area contributed by atoms with E-state index in [1.165, 1.54) is 109 Å². The zero-order valence-corrected chi connectivity index (χ0v) is 17.4. The maximum Gasteiger partial charge on any atom is 0.0101 e. The lowest BCUT2D eigenvalue weighted by Gasteiger charge is -2.10. The van der Waals surface area contributed by atoms with Crippen molar-refractivity contribution in [3.8, 4) is 0 Å². The van der Waals surface area contributed by atoms with Gasteiger partial charge in [-0.1, -0.05) is 103 Å². The lowest BCUT2D eigenvalue weighted by atomic mass is 10.0.